The predicted molar refractivity (Wildman–Crippen MR) is 61.6 cm³/mol. The van der Waals surface area contributed by atoms with Crippen LogP contribution in [0.4, 0.5) is 0 Å². The van der Waals surface area contributed by atoms with E-state index in [0.717, 1.165) is 37.4 Å². The van der Waals surface area contributed by atoms with Gasteiger partial charge < -0.3 is 10.6 Å². The van der Waals surface area contributed by atoms with Gasteiger partial charge in [-0.1, -0.05) is 6.08 Å². The van der Waals surface area contributed by atoms with Crippen molar-refractivity contribution >= 4 is 17.7 Å². The fourth-order valence-corrected chi connectivity index (χ4v) is 2.02. The molecule has 1 fully saturated rings. The van der Waals surface area contributed by atoms with Crippen LogP contribution in [-0.2, 0) is 4.79 Å². The van der Waals surface area contributed by atoms with Crippen molar-refractivity contribution < 1.29 is 4.79 Å². The van der Waals surface area contributed by atoms with E-state index in [9.17, 15) is 4.79 Å². The lowest BCUT2D eigenvalue weighted by Crippen LogP contribution is -2.41. The summed E-state index contributed by atoms with van der Waals surface area (Å²) < 4.78 is 0. The summed E-state index contributed by atoms with van der Waals surface area (Å²) in [7, 11) is 0. The van der Waals surface area contributed by atoms with Gasteiger partial charge in [0.15, 0.2) is 0 Å². The summed E-state index contributed by atoms with van der Waals surface area (Å²) in [6.45, 7) is 5.37. The van der Waals surface area contributed by atoms with Crippen LogP contribution in [0.5, 0.6) is 0 Å². The fourth-order valence-electron chi connectivity index (χ4n) is 1.44. The highest BCUT2D eigenvalue weighted by atomic mass is 32.2. The van der Waals surface area contributed by atoms with E-state index >= 15 is 0 Å². The standard InChI is InChI=1S/C10H18N2OS/c1-2-7-14-8-6-12-10(13)9-4-3-5-11-9/h2,9,11H,1,3-8H2,(H,12,13). The van der Waals surface area contributed by atoms with E-state index in [-0.39, 0.29) is 11.9 Å². The zero-order chi connectivity index (χ0) is 10.2. The Kier molecular flexibility index (Phi) is 5.71. The number of amides is 1. The van der Waals surface area contributed by atoms with Gasteiger partial charge in [0, 0.05) is 18.1 Å². The molecule has 2 N–H and O–H groups in total. The summed E-state index contributed by atoms with van der Waals surface area (Å²) >= 11 is 1.78. The number of nitrogens with one attached hydrogen (secondary N) is 2. The number of rotatable bonds is 6. The Morgan fingerprint density at radius 3 is 3.21 bits per heavy atom. The number of hydrogen-bond donors (Lipinski definition) is 2. The Hall–Kier alpha value is -0.480. The van der Waals surface area contributed by atoms with Crippen LogP contribution >= 0.6 is 11.8 Å². The summed E-state index contributed by atoms with van der Waals surface area (Å²) in [4.78, 5) is 11.5. The highest BCUT2D eigenvalue weighted by molar-refractivity contribution is 7.99. The summed E-state index contributed by atoms with van der Waals surface area (Å²) in [5.74, 6) is 2.07. The highest BCUT2D eigenvalue weighted by Gasteiger charge is 2.20. The largest absolute Gasteiger partial charge is 0.354 e. The van der Waals surface area contributed by atoms with E-state index in [1.54, 1.807) is 11.8 Å². The van der Waals surface area contributed by atoms with Crippen LogP contribution in [0.15, 0.2) is 12.7 Å². The lowest BCUT2D eigenvalue weighted by molar-refractivity contribution is -0.122. The van der Waals surface area contributed by atoms with Crippen LogP contribution in [-0.4, -0.2) is 36.5 Å². The molecule has 0 spiro atoms. The first-order valence-electron chi connectivity index (χ1n) is 5.04. The topological polar surface area (TPSA) is 41.1 Å². The third-order valence-electron chi connectivity index (χ3n) is 2.16. The van der Waals surface area contributed by atoms with Gasteiger partial charge in [-0.2, -0.15) is 11.8 Å². The molecule has 4 heteroatoms. The molecule has 1 rings (SSSR count). The first-order valence-corrected chi connectivity index (χ1v) is 6.20. The van der Waals surface area contributed by atoms with Gasteiger partial charge in [-0.15, -0.1) is 6.58 Å². The molecular formula is C10H18N2OS. The molecule has 1 amide bonds. The minimum Gasteiger partial charge on any atom is -0.354 e. The molecule has 3 nitrogen and oxygen atoms in total. The summed E-state index contributed by atoms with van der Waals surface area (Å²) in [5.41, 5.74) is 0. The summed E-state index contributed by atoms with van der Waals surface area (Å²) in [6, 6.07) is 0.0550. The van der Waals surface area contributed by atoms with E-state index in [4.69, 9.17) is 0 Å². The molecule has 1 saturated heterocycles. The first kappa shape index (κ1) is 11.6. The van der Waals surface area contributed by atoms with Gasteiger partial charge in [-0.05, 0) is 19.4 Å². The molecule has 0 aliphatic carbocycles. The Bertz CT molecular complexity index is 191. The van der Waals surface area contributed by atoms with E-state index in [1.807, 2.05) is 6.08 Å². The van der Waals surface area contributed by atoms with Crippen molar-refractivity contribution in [1.29, 1.82) is 0 Å². The van der Waals surface area contributed by atoms with Crippen LogP contribution in [0, 0.1) is 0 Å². The maximum Gasteiger partial charge on any atom is 0.237 e. The molecule has 0 bridgehead atoms. The predicted octanol–water partition coefficient (Wildman–Crippen LogP) is 0.774. The van der Waals surface area contributed by atoms with E-state index in [0.29, 0.717) is 0 Å². The molecule has 1 heterocycles. The van der Waals surface area contributed by atoms with Gasteiger partial charge in [0.25, 0.3) is 0 Å². The average Bonchev–Trinajstić information content (AvgIpc) is 2.70. The lowest BCUT2D eigenvalue weighted by Gasteiger charge is -2.10. The molecule has 0 aromatic heterocycles. The molecule has 1 atom stereocenters. The first-order chi connectivity index (χ1) is 6.84. The van der Waals surface area contributed by atoms with Crippen molar-refractivity contribution in [2.75, 3.05) is 24.6 Å². The maximum absolute atomic E-state index is 11.5. The van der Waals surface area contributed by atoms with E-state index < -0.39 is 0 Å². The third-order valence-corrected chi connectivity index (χ3v) is 3.12. The zero-order valence-corrected chi connectivity index (χ0v) is 9.24. The van der Waals surface area contributed by atoms with Crippen LogP contribution in [0.25, 0.3) is 0 Å². The second-order valence-electron chi connectivity index (χ2n) is 3.30. The van der Waals surface area contributed by atoms with Gasteiger partial charge in [-0.3, -0.25) is 4.79 Å². The quantitative estimate of drug-likeness (QED) is 0.507. The molecule has 0 radical (unpaired) electrons. The van der Waals surface area contributed by atoms with Crippen LogP contribution < -0.4 is 10.6 Å². The minimum absolute atomic E-state index is 0.0550. The van der Waals surface area contributed by atoms with Crippen molar-refractivity contribution in [2.45, 2.75) is 18.9 Å². The van der Waals surface area contributed by atoms with Crippen molar-refractivity contribution in [3.63, 3.8) is 0 Å². The fraction of sp³-hybridized carbons (Fsp3) is 0.700. The zero-order valence-electron chi connectivity index (χ0n) is 8.42. The van der Waals surface area contributed by atoms with Crippen molar-refractivity contribution in [3.05, 3.63) is 12.7 Å². The molecule has 1 aliphatic rings. The maximum atomic E-state index is 11.5. The molecule has 80 valence electrons. The Labute approximate surface area is 89.7 Å². The van der Waals surface area contributed by atoms with Crippen molar-refractivity contribution in [3.8, 4) is 0 Å². The molecular weight excluding hydrogens is 196 g/mol. The van der Waals surface area contributed by atoms with Crippen molar-refractivity contribution in [1.82, 2.24) is 10.6 Å². The second-order valence-corrected chi connectivity index (χ2v) is 4.45. The monoisotopic (exact) mass is 214 g/mol. The number of thioether (sulfide) groups is 1. The molecule has 14 heavy (non-hydrogen) atoms. The summed E-state index contributed by atoms with van der Waals surface area (Å²) in [5, 5.41) is 6.10. The van der Waals surface area contributed by atoms with Gasteiger partial charge >= 0.3 is 0 Å². The Balaban J connectivity index is 2.00. The normalized spacial score (nSPS) is 20.7. The number of carbonyl (C=O) groups excluding carboxylic acids is 1. The average molecular weight is 214 g/mol. The molecule has 1 aliphatic heterocycles. The number of hydrogen-bond acceptors (Lipinski definition) is 3. The van der Waals surface area contributed by atoms with Crippen LogP contribution in [0.1, 0.15) is 12.8 Å². The SMILES string of the molecule is C=CCSCCNC(=O)C1CCCN1. The highest BCUT2D eigenvalue weighted by Crippen LogP contribution is 2.04. The lowest BCUT2D eigenvalue weighted by atomic mass is 10.2. The summed E-state index contributed by atoms with van der Waals surface area (Å²) in [6.07, 6.45) is 3.97. The molecule has 0 saturated carbocycles. The van der Waals surface area contributed by atoms with Gasteiger partial charge in [-0.25, -0.2) is 0 Å². The third kappa shape index (κ3) is 4.15. The molecule has 0 aromatic carbocycles. The molecule has 0 aromatic rings. The second kappa shape index (κ2) is 6.90. The van der Waals surface area contributed by atoms with Crippen LogP contribution in [0.2, 0.25) is 0 Å². The van der Waals surface area contributed by atoms with Crippen molar-refractivity contribution in [2.24, 2.45) is 0 Å². The van der Waals surface area contributed by atoms with Gasteiger partial charge in [0.2, 0.25) is 5.91 Å². The molecule has 1 unspecified atom stereocenters. The van der Waals surface area contributed by atoms with Crippen LogP contribution in [0.3, 0.4) is 0 Å². The minimum atomic E-state index is 0.0550. The van der Waals surface area contributed by atoms with Gasteiger partial charge in [0.05, 0.1) is 6.04 Å². The Morgan fingerprint density at radius 2 is 2.57 bits per heavy atom. The van der Waals surface area contributed by atoms with Gasteiger partial charge in [0.1, 0.15) is 0 Å². The smallest absolute Gasteiger partial charge is 0.237 e. The van der Waals surface area contributed by atoms with E-state index in [1.165, 1.54) is 0 Å². The number of carbonyl (C=O) groups is 1. The van der Waals surface area contributed by atoms with E-state index in [2.05, 4.69) is 17.2 Å². The Morgan fingerprint density at radius 1 is 1.71 bits per heavy atom.